The second-order valence-corrected chi connectivity index (χ2v) is 5.30. The summed E-state index contributed by atoms with van der Waals surface area (Å²) in [5.41, 5.74) is 3.20. The number of pyridine rings is 1. The molecule has 0 aliphatic carbocycles. The van der Waals surface area contributed by atoms with Gasteiger partial charge >= 0.3 is 0 Å². The molecule has 1 amide bonds. The lowest BCUT2D eigenvalue weighted by molar-refractivity contribution is -0.116. The van der Waals surface area contributed by atoms with E-state index >= 15 is 0 Å². The fourth-order valence-corrected chi connectivity index (χ4v) is 2.30. The molecule has 4 nitrogen and oxygen atoms in total. The number of aromatic nitrogens is 1. The summed E-state index contributed by atoms with van der Waals surface area (Å²) in [6, 6.07) is 14.0. The van der Waals surface area contributed by atoms with Crippen molar-refractivity contribution in [3.63, 3.8) is 0 Å². The highest BCUT2D eigenvalue weighted by Gasteiger charge is 2.04. The smallest absolute Gasteiger partial charge is 0.244 e. The van der Waals surface area contributed by atoms with Gasteiger partial charge in [0.2, 0.25) is 5.91 Å². The first-order chi connectivity index (χ1) is 11.2. The van der Waals surface area contributed by atoms with Crippen molar-refractivity contribution < 1.29 is 4.79 Å². The van der Waals surface area contributed by atoms with Gasteiger partial charge in [-0.3, -0.25) is 9.78 Å². The van der Waals surface area contributed by atoms with Crippen LogP contribution in [-0.2, 0) is 4.79 Å². The molecule has 0 saturated heterocycles. The van der Waals surface area contributed by atoms with Crippen LogP contribution in [0.4, 0.5) is 5.69 Å². The third kappa shape index (κ3) is 5.58. The van der Waals surface area contributed by atoms with Crippen molar-refractivity contribution in [3.8, 4) is 0 Å². The highest BCUT2D eigenvalue weighted by molar-refractivity contribution is 5.91. The van der Waals surface area contributed by atoms with Gasteiger partial charge < -0.3 is 10.2 Å². The summed E-state index contributed by atoms with van der Waals surface area (Å²) in [7, 11) is 0. The molecule has 1 aromatic heterocycles. The topological polar surface area (TPSA) is 45.2 Å². The van der Waals surface area contributed by atoms with Gasteiger partial charge in [-0.15, -0.1) is 0 Å². The Labute approximate surface area is 137 Å². The number of rotatable bonds is 7. The molecular formula is C19H23N3O. The van der Waals surface area contributed by atoms with Gasteiger partial charge in [0.25, 0.3) is 0 Å². The molecule has 2 rings (SSSR count). The minimum atomic E-state index is -0.101. The van der Waals surface area contributed by atoms with Crippen LogP contribution in [0.5, 0.6) is 0 Å². The number of amides is 1. The fraction of sp³-hybridized carbons (Fsp3) is 0.263. The molecule has 0 aliphatic rings. The van der Waals surface area contributed by atoms with Gasteiger partial charge in [-0.05, 0) is 49.8 Å². The molecule has 0 unspecified atom stereocenters. The first kappa shape index (κ1) is 16.7. The molecule has 2 aromatic rings. The van der Waals surface area contributed by atoms with E-state index in [4.69, 9.17) is 0 Å². The predicted molar refractivity (Wildman–Crippen MR) is 95.3 cm³/mol. The normalized spacial score (nSPS) is 10.7. The van der Waals surface area contributed by atoms with Crippen molar-refractivity contribution in [2.24, 2.45) is 0 Å². The summed E-state index contributed by atoms with van der Waals surface area (Å²) in [4.78, 5) is 18.2. The highest BCUT2D eigenvalue weighted by Crippen LogP contribution is 2.14. The summed E-state index contributed by atoms with van der Waals surface area (Å²) in [6.45, 7) is 6.49. The Kier molecular flexibility index (Phi) is 6.36. The maximum atomic E-state index is 11.8. The Morgan fingerprint density at radius 2 is 2.13 bits per heavy atom. The number of nitrogens with zero attached hydrogens (tertiary/aromatic N) is 2. The van der Waals surface area contributed by atoms with E-state index in [2.05, 4.69) is 53.3 Å². The zero-order valence-electron chi connectivity index (χ0n) is 13.7. The second kappa shape index (κ2) is 8.73. The predicted octanol–water partition coefficient (Wildman–Crippen LogP) is 3.05. The van der Waals surface area contributed by atoms with E-state index in [0.29, 0.717) is 6.54 Å². The third-order valence-electron chi connectivity index (χ3n) is 3.52. The van der Waals surface area contributed by atoms with Crippen LogP contribution in [0, 0.1) is 6.92 Å². The SMILES string of the molecule is CCN(CCNC(=O)/C=C/c1ccccn1)c1cccc(C)c1. The Bertz CT molecular complexity index is 653. The molecule has 23 heavy (non-hydrogen) atoms. The molecular weight excluding hydrogens is 286 g/mol. The largest absolute Gasteiger partial charge is 0.370 e. The number of carbonyl (C=O) groups is 1. The van der Waals surface area contributed by atoms with E-state index in [1.807, 2.05) is 18.2 Å². The zero-order chi connectivity index (χ0) is 16.5. The lowest BCUT2D eigenvalue weighted by atomic mass is 10.2. The maximum absolute atomic E-state index is 11.8. The highest BCUT2D eigenvalue weighted by atomic mass is 16.1. The van der Waals surface area contributed by atoms with Gasteiger partial charge in [0.05, 0.1) is 5.69 Å². The molecule has 0 bridgehead atoms. The van der Waals surface area contributed by atoms with Crippen molar-refractivity contribution in [2.45, 2.75) is 13.8 Å². The molecule has 1 N–H and O–H groups in total. The van der Waals surface area contributed by atoms with Crippen LogP contribution >= 0.6 is 0 Å². The third-order valence-corrected chi connectivity index (χ3v) is 3.52. The van der Waals surface area contributed by atoms with Gasteiger partial charge in [0.1, 0.15) is 0 Å². The number of carbonyl (C=O) groups excluding carboxylic acids is 1. The molecule has 0 atom stereocenters. The number of aryl methyl sites for hydroxylation is 1. The van der Waals surface area contributed by atoms with Crippen LogP contribution < -0.4 is 10.2 Å². The molecule has 0 spiro atoms. The quantitative estimate of drug-likeness (QED) is 0.800. The average Bonchev–Trinajstić information content (AvgIpc) is 2.58. The molecule has 0 saturated carbocycles. The summed E-state index contributed by atoms with van der Waals surface area (Å²) in [5.74, 6) is -0.101. The lowest BCUT2D eigenvalue weighted by Gasteiger charge is -2.23. The van der Waals surface area contributed by atoms with E-state index in [-0.39, 0.29) is 5.91 Å². The second-order valence-electron chi connectivity index (χ2n) is 5.30. The molecule has 1 heterocycles. The van der Waals surface area contributed by atoms with Crippen LogP contribution in [0.3, 0.4) is 0 Å². The number of anilines is 1. The number of nitrogens with one attached hydrogen (secondary N) is 1. The number of benzene rings is 1. The van der Waals surface area contributed by atoms with Crippen LogP contribution in [0.2, 0.25) is 0 Å². The van der Waals surface area contributed by atoms with Crippen molar-refractivity contribution in [3.05, 3.63) is 66.0 Å². The van der Waals surface area contributed by atoms with Crippen molar-refractivity contribution in [1.29, 1.82) is 0 Å². The molecule has 1 aromatic carbocycles. The minimum absolute atomic E-state index is 0.101. The van der Waals surface area contributed by atoms with E-state index in [1.54, 1.807) is 12.3 Å². The Hall–Kier alpha value is -2.62. The van der Waals surface area contributed by atoms with E-state index < -0.39 is 0 Å². The number of likely N-dealkylation sites (N-methyl/N-ethyl adjacent to an activating group) is 1. The summed E-state index contributed by atoms with van der Waals surface area (Å²) in [5, 5.41) is 2.91. The van der Waals surface area contributed by atoms with Gasteiger partial charge in [-0.25, -0.2) is 0 Å². The van der Waals surface area contributed by atoms with Crippen LogP contribution in [-0.4, -0.2) is 30.5 Å². The van der Waals surface area contributed by atoms with Gasteiger partial charge in [0, 0.05) is 37.6 Å². The first-order valence-electron chi connectivity index (χ1n) is 7.87. The van der Waals surface area contributed by atoms with Gasteiger partial charge in [-0.2, -0.15) is 0 Å². The number of hydrogen-bond donors (Lipinski definition) is 1. The summed E-state index contributed by atoms with van der Waals surface area (Å²) < 4.78 is 0. The number of hydrogen-bond acceptors (Lipinski definition) is 3. The Morgan fingerprint density at radius 1 is 1.26 bits per heavy atom. The lowest BCUT2D eigenvalue weighted by Crippen LogP contribution is -2.34. The molecule has 4 heteroatoms. The summed E-state index contributed by atoms with van der Waals surface area (Å²) in [6.07, 6.45) is 4.94. The van der Waals surface area contributed by atoms with Crippen molar-refractivity contribution in [2.75, 3.05) is 24.5 Å². The molecule has 0 aliphatic heterocycles. The van der Waals surface area contributed by atoms with Gasteiger partial charge in [-0.1, -0.05) is 18.2 Å². The van der Waals surface area contributed by atoms with E-state index in [1.165, 1.54) is 17.3 Å². The first-order valence-corrected chi connectivity index (χ1v) is 7.87. The van der Waals surface area contributed by atoms with Crippen LogP contribution in [0.1, 0.15) is 18.2 Å². The average molecular weight is 309 g/mol. The van der Waals surface area contributed by atoms with Crippen molar-refractivity contribution in [1.82, 2.24) is 10.3 Å². The zero-order valence-corrected chi connectivity index (χ0v) is 13.7. The van der Waals surface area contributed by atoms with E-state index in [9.17, 15) is 4.79 Å². The fourth-order valence-electron chi connectivity index (χ4n) is 2.30. The monoisotopic (exact) mass is 309 g/mol. The van der Waals surface area contributed by atoms with Gasteiger partial charge in [0.15, 0.2) is 0 Å². The minimum Gasteiger partial charge on any atom is -0.370 e. The van der Waals surface area contributed by atoms with Crippen LogP contribution in [0.15, 0.2) is 54.7 Å². The Balaban J connectivity index is 1.81. The van der Waals surface area contributed by atoms with E-state index in [0.717, 1.165) is 18.8 Å². The van der Waals surface area contributed by atoms with Crippen molar-refractivity contribution >= 4 is 17.7 Å². The molecule has 0 radical (unpaired) electrons. The Morgan fingerprint density at radius 3 is 2.83 bits per heavy atom. The molecule has 0 fully saturated rings. The van der Waals surface area contributed by atoms with Crippen LogP contribution in [0.25, 0.3) is 6.08 Å². The standard InChI is InChI=1S/C19H23N3O/c1-3-22(18-9-6-7-16(2)15-18)14-13-21-19(23)11-10-17-8-4-5-12-20-17/h4-12,15H,3,13-14H2,1-2H3,(H,21,23)/b11-10+. The summed E-state index contributed by atoms with van der Waals surface area (Å²) >= 11 is 0. The maximum Gasteiger partial charge on any atom is 0.244 e. The molecule has 120 valence electrons.